The number of nitrogen functional groups attached to an aromatic ring is 1. The quantitative estimate of drug-likeness (QED) is 0.393. The van der Waals surface area contributed by atoms with E-state index in [-0.39, 0.29) is 5.82 Å². The Morgan fingerprint density at radius 2 is 2.16 bits per heavy atom. The molecule has 4 rings (SSSR count). The van der Waals surface area contributed by atoms with Crippen molar-refractivity contribution < 1.29 is 33.2 Å². The van der Waals surface area contributed by atoms with Gasteiger partial charge in [0.05, 0.1) is 6.33 Å². The molecular formula is C10H11N6O8P. The molecule has 15 heteroatoms. The van der Waals surface area contributed by atoms with E-state index in [1.54, 1.807) is 0 Å². The molecule has 2 saturated heterocycles. The SMILES string of the molecule is Nc1ncnc2c1ncn2[C@@H]1O[C@H](CO[N+](=O)[O-])[C@H]2OP(=O)(O)O[C@H]21. The molecule has 134 valence electrons. The molecule has 2 aliphatic heterocycles. The maximum absolute atomic E-state index is 11.8. The second-order valence-electron chi connectivity index (χ2n) is 5.28. The van der Waals surface area contributed by atoms with Crippen LogP contribution in [0.1, 0.15) is 6.23 Å². The van der Waals surface area contributed by atoms with Gasteiger partial charge in [0.15, 0.2) is 17.7 Å². The Morgan fingerprint density at radius 1 is 1.40 bits per heavy atom. The highest BCUT2D eigenvalue weighted by Crippen LogP contribution is 2.58. The van der Waals surface area contributed by atoms with Gasteiger partial charge in [0.2, 0.25) is 0 Å². The molecule has 1 unspecified atom stereocenters. The number of aromatic nitrogens is 4. The summed E-state index contributed by atoms with van der Waals surface area (Å²) >= 11 is 0. The molecule has 0 amide bonds. The van der Waals surface area contributed by atoms with Crippen LogP contribution in [0.4, 0.5) is 5.82 Å². The van der Waals surface area contributed by atoms with Gasteiger partial charge in [-0.2, -0.15) is 0 Å². The molecule has 0 radical (unpaired) electrons. The molecular weight excluding hydrogens is 363 g/mol. The first-order valence-corrected chi connectivity index (χ1v) is 8.40. The lowest BCUT2D eigenvalue weighted by Gasteiger charge is -2.18. The Hall–Kier alpha value is -2.38. The molecule has 2 fully saturated rings. The van der Waals surface area contributed by atoms with Crippen molar-refractivity contribution >= 4 is 24.8 Å². The van der Waals surface area contributed by atoms with Crippen LogP contribution < -0.4 is 5.73 Å². The van der Waals surface area contributed by atoms with Crippen LogP contribution >= 0.6 is 7.82 Å². The zero-order chi connectivity index (χ0) is 17.8. The number of phosphoric acid groups is 1. The van der Waals surface area contributed by atoms with Crippen molar-refractivity contribution in [2.24, 2.45) is 0 Å². The Morgan fingerprint density at radius 3 is 2.92 bits per heavy atom. The normalized spacial score (nSPS) is 34.3. The first-order chi connectivity index (χ1) is 11.9. The zero-order valence-electron chi connectivity index (χ0n) is 12.2. The lowest BCUT2D eigenvalue weighted by Crippen LogP contribution is -2.32. The van der Waals surface area contributed by atoms with Crippen molar-refractivity contribution in [1.29, 1.82) is 0 Å². The number of nitrogens with two attached hydrogens (primary N) is 1. The molecule has 0 aromatic carbocycles. The van der Waals surface area contributed by atoms with E-state index >= 15 is 0 Å². The smallest absolute Gasteiger partial charge is 0.382 e. The summed E-state index contributed by atoms with van der Waals surface area (Å²) in [6.07, 6.45) is -1.49. The van der Waals surface area contributed by atoms with E-state index in [0.717, 1.165) is 0 Å². The summed E-state index contributed by atoms with van der Waals surface area (Å²) in [6.45, 7) is -0.502. The van der Waals surface area contributed by atoms with Crippen molar-refractivity contribution in [3.8, 4) is 0 Å². The zero-order valence-corrected chi connectivity index (χ0v) is 13.1. The Labute approximate surface area is 138 Å². The van der Waals surface area contributed by atoms with E-state index in [4.69, 9.17) is 19.5 Å². The van der Waals surface area contributed by atoms with Gasteiger partial charge < -0.3 is 20.2 Å². The van der Waals surface area contributed by atoms with Gasteiger partial charge in [-0.3, -0.25) is 13.6 Å². The highest BCUT2D eigenvalue weighted by molar-refractivity contribution is 7.47. The highest BCUT2D eigenvalue weighted by atomic mass is 31.2. The van der Waals surface area contributed by atoms with Gasteiger partial charge in [-0.15, -0.1) is 10.1 Å². The van der Waals surface area contributed by atoms with E-state index in [1.165, 1.54) is 17.2 Å². The number of imidazole rings is 1. The average molecular weight is 374 g/mol. The fourth-order valence-electron chi connectivity index (χ4n) is 2.83. The minimum Gasteiger partial charge on any atom is -0.382 e. The molecule has 0 aliphatic carbocycles. The van der Waals surface area contributed by atoms with Gasteiger partial charge in [0.25, 0.3) is 5.09 Å². The Balaban J connectivity index is 1.70. The van der Waals surface area contributed by atoms with E-state index in [9.17, 15) is 19.6 Å². The maximum Gasteiger partial charge on any atom is 0.473 e. The van der Waals surface area contributed by atoms with E-state index in [1.807, 2.05) is 0 Å². The monoisotopic (exact) mass is 374 g/mol. The number of ether oxygens (including phenoxy) is 1. The minimum atomic E-state index is -4.31. The average Bonchev–Trinajstić information content (AvgIpc) is 3.17. The van der Waals surface area contributed by atoms with Crippen LogP contribution in [0.25, 0.3) is 11.2 Å². The molecule has 5 atom stereocenters. The summed E-state index contributed by atoms with van der Waals surface area (Å²) in [6, 6.07) is 0. The van der Waals surface area contributed by atoms with Crippen molar-refractivity contribution in [3.63, 3.8) is 0 Å². The van der Waals surface area contributed by atoms with Gasteiger partial charge in [0, 0.05) is 0 Å². The number of phosphoric ester groups is 1. The predicted octanol–water partition coefficient (Wildman–Crippen LogP) is -0.601. The highest BCUT2D eigenvalue weighted by Gasteiger charge is 2.58. The molecule has 4 heterocycles. The molecule has 2 aliphatic rings. The third kappa shape index (κ3) is 2.69. The van der Waals surface area contributed by atoms with Crippen LogP contribution in [0, 0.1) is 10.1 Å². The van der Waals surface area contributed by atoms with E-state index < -0.39 is 44.1 Å². The van der Waals surface area contributed by atoms with Crippen LogP contribution in [-0.4, -0.2) is 54.4 Å². The summed E-state index contributed by atoms with van der Waals surface area (Å²) in [5.41, 5.74) is 6.33. The first-order valence-electron chi connectivity index (χ1n) is 6.91. The number of hydrogen-bond acceptors (Lipinski definition) is 11. The molecule has 0 spiro atoms. The summed E-state index contributed by atoms with van der Waals surface area (Å²) in [4.78, 5) is 36.2. The number of rotatable bonds is 4. The van der Waals surface area contributed by atoms with E-state index in [0.29, 0.717) is 11.2 Å². The molecule has 2 aromatic rings. The largest absolute Gasteiger partial charge is 0.473 e. The number of hydrogen-bond donors (Lipinski definition) is 2. The van der Waals surface area contributed by atoms with Crippen molar-refractivity contribution in [2.75, 3.05) is 12.3 Å². The van der Waals surface area contributed by atoms with Gasteiger partial charge in [-0.25, -0.2) is 19.5 Å². The molecule has 0 bridgehead atoms. The molecule has 25 heavy (non-hydrogen) atoms. The summed E-state index contributed by atoms with van der Waals surface area (Å²) in [5, 5.41) is 9.40. The second kappa shape index (κ2) is 5.57. The van der Waals surface area contributed by atoms with Crippen LogP contribution in [0.5, 0.6) is 0 Å². The van der Waals surface area contributed by atoms with Gasteiger partial charge in [0.1, 0.15) is 36.8 Å². The summed E-state index contributed by atoms with van der Waals surface area (Å²) in [7, 11) is -4.31. The Bertz CT molecular complexity index is 889. The van der Waals surface area contributed by atoms with Crippen LogP contribution in [0.3, 0.4) is 0 Å². The Kier molecular flexibility index (Phi) is 3.59. The predicted molar refractivity (Wildman–Crippen MR) is 76.2 cm³/mol. The number of anilines is 1. The van der Waals surface area contributed by atoms with Crippen molar-refractivity contribution in [1.82, 2.24) is 19.5 Å². The fraction of sp³-hybridized carbons (Fsp3) is 0.500. The van der Waals surface area contributed by atoms with Crippen molar-refractivity contribution in [2.45, 2.75) is 24.5 Å². The third-order valence-corrected chi connectivity index (χ3v) is 4.82. The third-order valence-electron chi connectivity index (χ3n) is 3.80. The second-order valence-corrected chi connectivity index (χ2v) is 6.63. The molecule has 0 saturated carbocycles. The standard InChI is InChI=1S/C10H11N6O8P/c11-8-5-9(13-2-12-8)15(3-14-5)10-7-6(23-25(19,20)24-7)4(22-10)1-21-16(17)18/h2-4,6-7,10H,1H2,(H,19,20)(H2,11,12,13)/t4-,6-,7-,10-/m1/s1. The van der Waals surface area contributed by atoms with Crippen LogP contribution in [0.15, 0.2) is 12.7 Å². The lowest BCUT2D eigenvalue weighted by atomic mass is 10.1. The summed E-state index contributed by atoms with van der Waals surface area (Å²) in [5.74, 6) is 0.142. The van der Waals surface area contributed by atoms with Crippen LogP contribution in [0.2, 0.25) is 0 Å². The first kappa shape index (κ1) is 16.1. The minimum absolute atomic E-state index is 0.142. The summed E-state index contributed by atoms with van der Waals surface area (Å²) < 4.78 is 28.8. The number of nitrogens with zero attached hydrogens (tertiary/aromatic N) is 5. The maximum atomic E-state index is 11.8. The molecule has 14 nitrogen and oxygen atoms in total. The fourth-order valence-corrected chi connectivity index (χ4v) is 3.97. The molecule has 3 N–H and O–H groups in total. The van der Waals surface area contributed by atoms with Gasteiger partial charge >= 0.3 is 7.82 Å². The van der Waals surface area contributed by atoms with E-state index in [2.05, 4.69) is 19.8 Å². The van der Waals surface area contributed by atoms with Gasteiger partial charge in [-0.1, -0.05) is 0 Å². The number of fused-ring (bicyclic) bond motifs is 2. The van der Waals surface area contributed by atoms with Gasteiger partial charge in [-0.05, 0) is 0 Å². The molecule has 2 aromatic heterocycles. The lowest BCUT2D eigenvalue weighted by molar-refractivity contribution is -0.759. The van der Waals surface area contributed by atoms with Crippen molar-refractivity contribution in [3.05, 3.63) is 22.8 Å². The topological polar surface area (TPSA) is 187 Å². The van der Waals surface area contributed by atoms with Crippen LogP contribution in [-0.2, 0) is 23.2 Å².